The molecule has 0 atom stereocenters. The molecule has 4 rings (SSSR count). The predicted octanol–water partition coefficient (Wildman–Crippen LogP) is 2.91. The molecule has 1 saturated carbocycles. The van der Waals surface area contributed by atoms with Crippen LogP contribution < -0.4 is 4.90 Å². The molecule has 0 radical (unpaired) electrons. The number of aryl methyl sites for hydroxylation is 1. The van der Waals surface area contributed by atoms with E-state index in [-0.39, 0.29) is 6.10 Å². The molecule has 1 N–H and O–H groups in total. The lowest BCUT2D eigenvalue weighted by Gasteiger charge is -2.34. The first-order chi connectivity index (χ1) is 12.5. The van der Waals surface area contributed by atoms with Crippen molar-refractivity contribution >= 4 is 5.82 Å². The van der Waals surface area contributed by atoms with Gasteiger partial charge in [0.25, 0.3) is 0 Å². The Labute approximate surface area is 153 Å². The van der Waals surface area contributed by atoms with Gasteiger partial charge in [0.2, 0.25) is 5.89 Å². The van der Waals surface area contributed by atoms with Crippen molar-refractivity contribution in [1.82, 2.24) is 20.1 Å². The van der Waals surface area contributed by atoms with Gasteiger partial charge in [-0.3, -0.25) is 0 Å². The molecular weight excluding hydrogens is 330 g/mol. The molecule has 2 aromatic rings. The number of aliphatic hydroxyl groups is 1. The molecule has 2 aliphatic rings. The van der Waals surface area contributed by atoms with Gasteiger partial charge in [-0.25, -0.2) is 9.97 Å². The number of hydrogen-bond acceptors (Lipinski definition) is 7. The van der Waals surface area contributed by atoms with Crippen LogP contribution in [0.3, 0.4) is 0 Å². The summed E-state index contributed by atoms with van der Waals surface area (Å²) in [4.78, 5) is 16.1. The first-order valence-electron chi connectivity index (χ1n) is 9.61. The molecular formula is C19H27N5O2. The molecule has 2 fully saturated rings. The zero-order valence-electron chi connectivity index (χ0n) is 15.7. The van der Waals surface area contributed by atoms with Gasteiger partial charge in [-0.1, -0.05) is 19.0 Å². The summed E-state index contributed by atoms with van der Waals surface area (Å²) in [6.07, 6.45) is 3.43. The maximum absolute atomic E-state index is 9.57. The molecule has 0 spiro atoms. The van der Waals surface area contributed by atoms with Crippen molar-refractivity contribution in [3.63, 3.8) is 0 Å². The average Bonchev–Trinajstić information content (AvgIpc) is 3.09. The predicted molar refractivity (Wildman–Crippen MR) is 97.3 cm³/mol. The summed E-state index contributed by atoms with van der Waals surface area (Å²) in [7, 11) is 0. The molecule has 0 aromatic carbocycles. The summed E-state index contributed by atoms with van der Waals surface area (Å²) in [6, 6.07) is 2.10. The first-order valence-corrected chi connectivity index (χ1v) is 9.61. The van der Waals surface area contributed by atoms with Crippen LogP contribution >= 0.6 is 0 Å². The lowest BCUT2D eigenvalue weighted by molar-refractivity contribution is 0.0731. The van der Waals surface area contributed by atoms with E-state index >= 15 is 0 Å². The van der Waals surface area contributed by atoms with E-state index in [1.165, 1.54) is 0 Å². The van der Waals surface area contributed by atoms with Crippen LogP contribution in [-0.2, 0) is 0 Å². The van der Waals surface area contributed by atoms with Gasteiger partial charge in [0, 0.05) is 42.6 Å². The molecule has 1 aliphatic heterocycles. The van der Waals surface area contributed by atoms with Gasteiger partial charge in [0.05, 0.1) is 6.10 Å². The van der Waals surface area contributed by atoms with Gasteiger partial charge in [0.1, 0.15) is 11.6 Å². The number of piperidine rings is 1. The standard InChI is InChI=1S/C19H27N5O2/c1-11(2)18-22-19(26-23-18)13-4-6-24(7-5-13)17-10-16(20-12(3)21-17)14-8-15(25)9-14/h10-11,13-15,25H,4-9H2,1-3H3. The number of nitrogens with zero attached hydrogens (tertiary/aromatic N) is 5. The van der Waals surface area contributed by atoms with E-state index in [2.05, 4.69) is 44.9 Å². The highest BCUT2D eigenvalue weighted by Gasteiger charge is 2.31. The number of hydrogen-bond donors (Lipinski definition) is 1. The molecule has 1 aliphatic carbocycles. The summed E-state index contributed by atoms with van der Waals surface area (Å²) < 4.78 is 5.48. The summed E-state index contributed by atoms with van der Waals surface area (Å²) in [5, 5.41) is 13.7. The van der Waals surface area contributed by atoms with Crippen molar-refractivity contribution in [2.75, 3.05) is 18.0 Å². The Bertz CT molecular complexity index is 761. The third kappa shape index (κ3) is 3.45. The maximum atomic E-state index is 9.57. The van der Waals surface area contributed by atoms with Crippen LogP contribution in [-0.4, -0.2) is 44.4 Å². The molecule has 140 valence electrons. The Hall–Kier alpha value is -2.02. The fraction of sp³-hybridized carbons (Fsp3) is 0.684. The smallest absolute Gasteiger partial charge is 0.229 e. The lowest BCUT2D eigenvalue weighted by atomic mass is 9.80. The van der Waals surface area contributed by atoms with E-state index in [4.69, 9.17) is 4.52 Å². The second-order valence-electron chi connectivity index (χ2n) is 7.93. The normalized spacial score (nSPS) is 24.1. The van der Waals surface area contributed by atoms with E-state index in [1.807, 2.05) is 6.92 Å². The summed E-state index contributed by atoms with van der Waals surface area (Å²) in [5.41, 5.74) is 1.07. The van der Waals surface area contributed by atoms with Gasteiger partial charge < -0.3 is 14.5 Å². The first kappa shape index (κ1) is 17.4. The van der Waals surface area contributed by atoms with Crippen LogP contribution in [0.15, 0.2) is 10.6 Å². The van der Waals surface area contributed by atoms with Crippen molar-refractivity contribution in [3.8, 4) is 0 Å². The minimum absolute atomic E-state index is 0.167. The second-order valence-corrected chi connectivity index (χ2v) is 7.93. The Morgan fingerprint density at radius 2 is 1.85 bits per heavy atom. The molecule has 26 heavy (non-hydrogen) atoms. The molecule has 7 heteroatoms. The topological polar surface area (TPSA) is 88.2 Å². The van der Waals surface area contributed by atoms with Gasteiger partial charge in [-0.2, -0.15) is 4.98 Å². The number of aromatic nitrogens is 4. The molecule has 0 unspecified atom stereocenters. The largest absolute Gasteiger partial charge is 0.393 e. The van der Waals surface area contributed by atoms with Crippen LogP contribution in [0.4, 0.5) is 5.82 Å². The van der Waals surface area contributed by atoms with E-state index in [1.54, 1.807) is 0 Å². The maximum Gasteiger partial charge on any atom is 0.229 e. The van der Waals surface area contributed by atoms with E-state index in [0.29, 0.717) is 17.8 Å². The van der Waals surface area contributed by atoms with Gasteiger partial charge >= 0.3 is 0 Å². The quantitative estimate of drug-likeness (QED) is 0.900. The highest BCUT2D eigenvalue weighted by molar-refractivity contribution is 5.41. The fourth-order valence-electron chi connectivity index (χ4n) is 3.78. The van der Waals surface area contributed by atoms with Crippen molar-refractivity contribution < 1.29 is 9.63 Å². The van der Waals surface area contributed by atoms with Gasteiger partial charge in [-0.05, 0) is 32.6 Å². The van der Waals surface area contributed by atoms with E-state index in [9.17, 15) is 5.11 Å². The Morgan fingerprint density at radius 1 is 1.12 bits per heavy atom. The molecule has 2 aromatic heterocycles. The van der Waals surface area contributed by atoms with Crippen molar-refractivity contribution in [1.29, 1.82) is 0 Å². The molecule has 0 bridgehead atoms. The van der Waals surface area contributed by atoms with Gasteiger partial charge in [0.15, 0.2) is 5.82 Å². The van der Waals surface area contributed by atoms with Crippen LogP contribution in [0.5, 0.6) is 0 Å². The third-order valence-corrected chi connectivity index (χ3v) is 5.52. The third-order valence-electron chi connectivity index (χ3n) is 5.52. The van der Waals surface area contributed by atoms with E-state index < -0.39 is 0 Å². The van der Waals surface area contributed by atoms with Crippen LogP contribution in [0.1, 0.15) is 80.5 Å². The highest BCUT2D eigenvalue weighted by atomic mass is 16.5. The van der Waals surface area contributed by atoms with Crippen LogP contribution in [0.25, 0.3) is 0 Å². The summed E-state index contributed by atoms with van der Waals surface area (Å²) in [5.74, 6) is 4.36. The zero-order valence-corrected chi connectivity index (χ0v) is 15.7. The lowest BCUT2D eigenvalue weighted by Crippen LogP contribution is -2.34. The van der Waals surface area contributed by atoms with Crippen molar-refractivity contribution in [2.24, 2.45) is 0 Å². The van der Waals surface area contributed by atoms with Crippen LogP contribution in [0, 0.1) is 6.92 Å². The van der Waals surface area contributed by atoms with Crippen LogP contribution in [0.2, 0.25) is 0 Å². The molecule has 0 amide bonds. The average molecular weight is 357 g/mol. The Kier molecular flexibility index (Phi) is 4.65. The van der Waals surface area contributed by atoms with Gasteiger partial charge in [-0.15, -0.1) is 0 Å². The molecule has 7 nitrogen and oxygen atoms in total. The highest BCUT2D eigenvalue weighted by Crippen LogP contribution is 2.37. The SMILES string of the molecule is Cc1nc(C2CC(O)C2)cc(N2CCC(c3nc(C(C)C)no3)CC2)n1. The minimum atomic E-state index is -0.167. The molecule has 1 saturated heterocycles. The van der Waals surface area contributed by atoms with E-state index in [0.717, 1.165) is 67.8 Å². The number of anilines is 1. The van der Waals surface area contributed by atoms with Crippen molar-refractivity contribution in [2.45, 2.75) is 70.3 Å². The summed E-state index contributed by atoms with van der Waals surface area (Å²) >= 11 is 0. The zero-order chi connectivity index (χ0) is 18.3. The minimum Gasteiger partial charge on any atom is -0.393 e. The number of rotatable bonds is 4. The summed E-state index contributed by atoms with van der Waals surface area (Å²) in [6.45, 7) is 7.95. The Balaban J connectivity index is 1.42. The van der Waals surface area contributed by atoms with Crippen molar-refractivity contribution in [3.05, 3.63) is 29.3 Å². The fourth-order valence-corrected chi connectivity index (χ4v) is 3.78. The Morgan fingerprint density at radius 3 is 2.46 bits per heavy atom. The number of aliphatic hydroxyl groups excluding tert-OH is 1. The second kappa shape index (κ2) is 6.95. The molecule has 3 heterocycles. The monoisotopic (exact) mass is 357 g/mol.